The quantitative estimate of drug-likeness (QED) is 0.0222. The molecule has 3 aliphatic rings. The van der Waals surface area contributed by atoms with Crippen LogP contribution in [0.25, 0.3) is 0 Å². The summed E-state index contributed by atoms with van der Waals surface area (Å²) in [6.07, 6.45) is 7.66. The number of hydrogen-bond donors (Lipinski definition) is 9. The van der Waals surface area contributed by atoms with Gasteiger partial charge in [-0.2, -0.15) is 38.2 Å². The second-order valence-corrected chi connectivity index (χ2v) is 27.8. The summed E-state index contributed by atoms with van der Waals surface area (Å²) in [5.41, 5.74) is 3.79. The first-order valence-corrected chi connectivity index (χ1v) is 33.0. The Kier molecular flexibility index (Phi) is 21.3. The van der Waals surface area contributed by atoms with E-state index >= 15 is 0 Å². The van der Waals surface area contributed by atoms with Gasteiger partial charge in [0.1, 0.15) is 30.1 Å². The summed E-state index contributed by atoms with van der Waals surface area (Å²) in [6, 6.07) is 11.7. The monoisotopic (exact) mass is 1260 g/mol. The Bertz CT molecular complexity index is 3750. The highest BCUT2D eigenvalue weighted by Gasteiger charge is 2.45. The van der Waals surface area contributed by atoms with Crippen LogP contribution in [-0.2, 0) is 81.7 Å². The molecule has 1 unspecified atom stereocenters. The highest BCUT2D eigenvalue weighted by atomic mass is 32.2. The Morgan fingerprint density at radius 2 is 1.26 bits per heavy atom. The fourth-order valence-electron chi connectivity index (χ4n) is 10.5. The van der Waals surface area contributed by atoms with Crippen LogP contribution in [0.5, 0.6) is 5.75 Å². The summed E-state index contributed by atoms with van der Waals surface area (Å²) in [7, 11) is -17.8. The molecule has 6 rings (SSSR count). The summed E-state index contributed by atoms with van der Waals surface area (Å²) in [4.78, 5) is 61.4. The first kappa shape index (κ1) is 67.0. The average Bonchev–Trinajstić information content (AvgIpc) is 1.69. The minimum Gasteiger partial charge on any atom is -0.481 e. The van der Waals surface area contributed by atoms with Crippen molar-refractivity contribution in [2.45, 2.75) is 137 Å². The van der Waals surface area contributed by atoms with Crippen LogP contribution in [0.15, 0.2) is 117 Å². The summed E-state index contributed by atoms with van der Waals surface area (Å²) in [6.45, 7) is 7.92. The van der Waals surface area contributed by atoms with Gasteiger partial charge in [0.15, 0.2) is 5.71 Å². The lowest BCUT2D eigenvalue weighted by Gasteiger charge is -2.27. The van der Waals surface area contributed by atoms with Crippen molar-refractivity contribution in [2.75, 3.05) is 29.5 Å². The van der Waals surface area contributed by atoms with Crippen molar-refractivity contribution in [1.82, 2.24) is 10.6 Å². The van der Waals surface area contributed by atoms with Gasteiger partial charge < -0.3 is 35.6 Å². The number of carbonyl (C=O) groups is 5. The zero-order valence-corrected chi connectivity index (χ0v) is 50.2. The van der Waals surface area contributed by atoms with Crippen LogP contribution < -0.4 is 20.3 Å². The Balaban J connectivity index is 1.37. The van der Waals surface area contributed by atoms with Gasteiger partial charge >= 0.3 is 17.9 Å². The van der Waals surface area contributed by atoms with Gasteiger partial charge in [-0.15, -0.1) is 0 Å². The molecule has 2 atom stereocenters. The standard InChI is InChI=1S/C56H68N4O21S4/c1-55(2)41-32-39(84(75,76)77)19-22-45(41)59(28-5-7-30-82(69,70)71)47(55)24-15-36-10-9-11-37(16-25-48-56(3,4)42-33-40(85(78,79)80)20-23-46(42)60(48)29-6-8-31-83(72,73)74)52(36)81-38-17-12-35(13-18-38)14-26-49(61)58-44(54(67)68)34-50(62)57-43(53(65)66)21-27-51(63)64/h12-13,15-20,22-25,32-33,43-44H,5-11,14,21,26-31,34H2,1-4H3,(H8-,57,58,61,62,63,64,65,66,67,68,69,70,71,72,73,74,75,76,77,78,79,80)/p+1/t43-,44?/m1/s1. The predicted molar refractivity (Wildman–Crippen MR) is 309 cm³/mol. The zero-order valence-electron chi connectivity index (χ0n) is 46.9. The molecule has 462 valence electrons. The van der Waals surface area contributed by atoms with E-state index in [2.05, 4.69) is 10.6 Å². The van der Waals surface area contributed by atoms with Gasteiger partial charge in [0.25, 0.3) is 40.5 Å². The lowest BCUT2D eigenvalue weighted by molar-refractivity contribution is -0.438. The van der Waals surface area contributed by atoms with Crippen molar-refractivity contribution in [2.24, 2.45) is 0 Å². The third-order valence-corrected chi connectivity index (χ3v) is 18.1. The minimum absolute atomic E-state index is 0.0847. The summed E-state index contributed by atoms with van der Waals surface area (Å²) < 4.78 is 144. The minimum atomic E-state index is -4.63. The molecular weight excluding hydrogens is 1190 g/mol. The summed E-state index contributed by atoms with van der Waals surface area (Å²) in [5.74, 6) is -6.45. The van der Waals surface area contributed by atoms with Gasteiger partial charge in [-0.3, -0.25) is 32.6 Å². The molecule has 3 aromatic rings. The number of ether oxygens (including phenoxy) is 1. The number of aliphatic carboxylic acids is 3. The van der Waals surface area contributed by atoms with E-state index in [1.807, 2.05) is 61.5 Å². The van der Waals surface area contributed by atoms with Crippen LogP contribution in [-0.4, -0.2) is 144 Å². The van der Waals surface area contributed by atoms with Crippen molar-refractivity contribution in [3.8, 4) is 5.75 Å². The number of aryl methyl sites for hydroxylation is 1. The molecule has 85 heavy (non-hydrogen) atoms. The topological polar surface area (TPSA) is 403 Å². The van der Waals surface area contributed by atoms with Gasteiger partial charge in [0, 0.05) is 60.3 Å². The highest BCUT2D eigenvalue weighted by molar-refractivity contribution is 7.86. The first-order chi connectivity index (χ1) is 39.5. The van der Waals surface area contributed by atoms with Crippen LogP contribution in [0.1, 0.15) is 115 Å². The molecular formula is C56H69N4O21S4+. The molecule has 0 bridgehead atoms. The molecule has 0 saturated carbocycles. The molecule has 25 nitrogen and oxygen atoms in total. The molecule has 0 spiro atoms. The Hall–Kier alpha value is -7.12. The van der Waals surface area contributed by atoms with E-state index in [1.165, 1.54) is 24.3 Å². The Morgan fingerprint density at radius 3 is 1.85 bits per heavy atom. The van der Waals surface area contributed by atoms with Crippen LogP contribution in [0.4, 0.5) is 11.4 Å². The molecule has 0 saturated heterocycles. The number of carbonyl (C=O) groups excluding carboxylic acids is 2. The van der Waals surface area contributed by atoms with Crippen LogP contribution >= 0.6 is 0 Å². The van der Waals surface area contributed by atoms with E-state index in [-0.39, 0.29) is 61.4 Å². The molecule has 0 radical (unpaired) electrons. The fraction of sp³-hybridized carbons (Fsp3) is 0.429. The number of unbranched alkanes of at least 4 members (excludes halogenated alkanes) is 2. The third kappa shape index (κ3) is 18.0. The molecule has 2 aliphatic heterocycles. The second kappa shape index (κ2) is 27.1. The molecule has 29 heteroatoms. The molecule has 1 aliphatic carbocycles. The lowest BCUT2D eigenvalue weighted by atomic mass is 9.81. The number of amides is 2. The summed E-state index contributed by atoms with van der Waals surface area (Å²) in [5, 5.41) is 32.4. The number of benzene rings is 3. The van der Waals surface area contributed by atoms with Crippen LogP contribution in [0.2, 0.25) is 0 Å². The van der Waals surface area contributed by atoms with E-state index in [0.717, 1.165) is 0 Å². The van der Waals surface area contributed by atoms with Crippen molar-refractivity contribution >= 4 is 87.3 Å². The Labute approximate surface area is 492 Å². The number of rotatable bonds is 29. The number of carboxylic acids is 3. The number of fused-ring (bicyclic) bond motifs is 2. The van der Waals surface area contributed by atoms with Crippen LogP contribution in [0, 0.1) is 0 Å². The number of allylic oxidation sites excluding steroid dienone is 7. The van der Waals surface area contributed by atoms with Gasteiger partial charge in [0.05, 0.1) is 33.1 Å². The average molecular weight is 1260 g/mol. The van der Waals surface area contributed by atoms with Crippen molar-refractivity contribution in [1.29, 1.82) is 0 Å². The van der Waals surface area contributed by atoms with Crippen molar-refractivity contribution in [3.05, 3.63) is 124 Å². The van der Waals surface area contributed by atoms with Crippen molar-refractivity contribution < 1.29 is 100 Å². The van der Waals surface area contributed by atoms with E-state index in [1.54, 1.807) is 36.4 Å². The first-order valence-electron chi connectivity index (χ1n) is 26.9. The molecule has 3 aromatic carbocycles. The van der Waals surface area contributed by atoms with Crippen LogP contribution in [0.3, 0.4) is 0 Å². The third-order valence-electron chi connectivity index (χ3n) is 14.8. The van der Waals surface area contributed by atoms with Gasteiger partial charge in [-0.25, -0.2) is 9.59 Å². The second-order valence-electron chi connectivity index (χ2n) is 21.8. The molecule has 2 amide bonds. The van der Waals surface area contributed by atoms with E-state index in [4.69, 9.17) is 9.84 Å². The summed E-state index contributed by atoms with van der Waals surface area (Å²) >= 11 is 0. The van der Waals surface area contributed by atoms with E-state index < -0.39 is 124 Å². The number of carboxylic acid groups (broad SMARTS) is 3. The SMILES string of the molecule is CC1(C)C(=CC=C2CCCC(C=CC3=[N+](CCCCS(=O)(=O)O)c4ccc(S(=O)(=O)O)cc4C3(C)C)=C2Oc2ccc(CCC(=O)NC(CC(=O)N[C@H](CCC(=O)O)C(=O)O)C(=O)O)cc2)N(CCCCS(=O)(=O)O)c2ccc(S(=O)(=O)O)cc21. The molecule has 0 aromatic heterocycles. The van der Waals surface area contributed by atoms with Gasteiger partial charge in [-0.1, -0.05) is 32.1 Å². The van der Waals surface area contributed by atoms with E-state index in [9.17, 15) is 86.1 Å². The van der Waals surface area contributed by atoms with Crippen molar-refractivity contribution in [3.63, 3.8) is 0 Å². The highest BCUT2D eigenvalue weighted by Crippen LogP contribution is 2.49. The maximum absolute atomic E-state index is 13.0. The number of anilines is 1. The maximum atomic E-state index is 13.0. The number of nitrogens with zero attached hydrogens (tertiary/aromatic N) is 2. The molecule has 9 N–H and O–H groups in total. The number of hydrogen-bond acceptors (Lipinski definition) is 15. The zero-order chi connectivity index (χ0) is 63.0. The number of nitrogens with one attached hydrogen (secondary N) is 2. The van der Waals surface area contributed by atoms with E-state index in [0.29, 0.717) is 81.4 Å². The van der Waals surface area contributed by atoms with Gasteiger partial charge in [0.2, 0.25) is 17.5 Å². The molecule has 2 heterocycles. The lowest BCUT2D eigenvalue weighted by Crippen LogP contribution is -2.47. The Morgan fingerprint density at radius 1 is 0.671 bits per heavy atom. The normalized spacial score (nSPS) is 17.7. The maximum Gasteiger partial charge on any atom is 0.326 e. The molecule has 0 fully saturated rings. The predicted octanol–water partition coefficient (Wildman–Crippen LogP) is 5.90. The van der Waals surface area contributed by atoms with Gasteiger partial charge in [-0.05, 0) is 142 Å². The fourth-order valence-corrected chi connectivity index (χ4v) is 12.6. The smallest absolute Gasteiger partial charge is 0.326 e. The largest absolute Gasteiger partial charge is 0.481 e.